The minimum absolute atomic E-state index is 0.0398. The van der Waals surface area contributed by atoms with Crippen molar-refractivity contribution in [2.45, 2.75) is 116 Å². The van der Waals surface area contributed by atoms with Crippen LogP contribution < -0.4 is 5.32 Å². The van der Waals surface area contributed by atoms with E-state index in [1.54, 1.807) is 0 Å². The molecule has 8 rings (SSSR count). The van der Waals surface area contributed by atoms with E-state index in [9.17, 15) is 14.0 Å². The molecule has 8 fully saturated rings. The molecule has 0 bridgehead atoms. The zero-order valence-corrected chi connectivity index (χ0v) is 28.3. The monoisotopic (exact) mass is 627 g/mol. The number of hydrogen-bond donors (Lipinski definition) is 1. The standard InChI is InChI=1S/C37H58FN3O4/c1-23-7-12-37(44-18-23)24(2)33-30(45-37)16-29-27-6-5-25-15-26(8-10-34(25,3)28(27)9-11-35(29,33)4)39-31(42)17-32(43)41-21-36(22-41)19-40(20-36)14-13-38/h23-30,33H,5-22H2,1-4H3,(H,39,42)/t23-,24+,25-,26-,27-,28?,29+,30+,33+,34+,35+,37-/m1/s1. The van der Waals surface area contributed by atoms with E-state index in [-0.39, 0.29) is 42.2 Å². The minimum atomic E-state index is -0.337. The molecule has 8 heteroatoms. The molecule has 2 spiro atoms. The van der Waals surface area contributed by atoms with Crippen molar-refractivity contribution in [2.75, 3.05) is 46.0 Å². The summed E-state index contributed by atoms with van der Waals surface area (Å²) in [7, 11) is 0. The Morgan fingerprint density at radius 2 is 1.69 bits per heavy atom. The van der Waals surface area contributed by atoms with E-state index in [0.29, 0.717) is 47.2 Å². The van der Waals surface area contributed by atoms with Crippen molar-refractivity contribution in [1.82, 2.24) is 15.1 Å². The number of hydrogen-bond acceptors (Lipinski definition) is 5. The maximum atomic E-state index is 13.0. The quantitative estimate of drug-likeness (QED) is 0.413. The van der Waals surface area contributed by atoms with Gasteiger partial charge in [0.25, 0.3) is 0 Å². The predicted octanol–water partition coefficient (Wildman–Crippen LogP) is 5.42. The Labute approximate surface area is 270 Å². The van der Waals surface area contributed by atoms with E-state index in [2.05, 4.69) is 37.9 Å². The molecule has 0 aromatic carbocycles. The molecule has 1 N–H and O–H groups in total. The van der Waals surface area contributed by atoms with Crippen molar-refractivity contribution in [2.24, 2.45) is 57.7 Å². The van der Waals surface area contributed by atoms with Crippen LogP contribution in [0.4, 0.5) is 4.39 Å². The topological polar surface area (TPSA) is 71.1 Å². The van der Waals surface area contributed by atoms with Gasteiger partial charge in [0.05, 0.1) is 12.7 Å². The molecule has 45 heavy (non-hydrogen) atoms. The fourth-order valence-electron chi connectivity index (χ4n) is 13.3. The second kappa shape index (κ2) is 10.9. The predicted molar refractivity (Wildman–Crippen MR) is 170 cm³/mol. The van der Waals surface area contributed by atoms with Crippen LogP contribution in [0.15, 0.2) is 0 Å². The van der Waals surface area contributed by atoms with Crippen molar-refractivity contribution in [1.29, 1.82) is 0 Å². The number of alkyl halides is 1. The fraction of sp³-hybridized carbons (Fsp3) is 0.946. The lowest BCUT2D eigenvalue weighted by Gasteiger charge is -2.61. The first-order valence-corrected chi connectivity index (χ1v) is 18.6. The van der Waals surface area contributed by atoms with Gasteiger partial charge in [0, 0.05) is 56.5 Å². The van der Waals surface area contributed by atoms with Crippen molar-refractivity contribution in [3.63, 3.8) is 0 Å². The van der Waals surface area contributed by atoms with E-state index >= 15 is 0 Å². The molecule has 0 aromatic rings. The number of nitrogens with one attached hydrogen (secondary N) is 1. The number of rotatable bonds is 5. The van der Waals surface area contributed by atoms with Crippen LogP contribution in [0.1, 0.15) is 98.3 Å². The van der Waals surface area contributed by atoms with Gasteiger partial charge in [0.1, 0.15) is 13.1 Å². The number of amides is 2. The number of carbonyl (C=O) groups excluding carboxylic acids is 2. The summed E-state index contributed by atoms with van der Waals surface area (Å²) in [6.07, 6.45) is 12.3. The van der Waals surface area contributed by atoms with Crippen LogP contribution in [0.2, 0.25) is 0 Å². The third kappa shape index (κ3) is 4.79. The Bertz CT molecular complexity index is 1180. The highest BCUT2D eigenvalue weighted by Crippen LogP contribution is 2.71. The van der Waals surface area contributed by atoms with E-state index < -0.39 is 0 Å². The van der Waals surface area contributed by atoms with E-state index in [4.69, 9.17) is 9.47 Å². The molecule has 0 radical (unpaired) electrons. The van der Waals surface area contributed by atoms with Gasteiger partial charge in [-0.1, -0.05) is 27.7 Å². The highest BCUT2D eigenvalue weighted by Gasteiger charge is 2.69. The fourth-order valence-corrected chi connectivity index (χ4v) is 13.3. The second-order valence-electron chi connectivity index (χ2n) is 18.0. The minimum Gasteiger partial charge on any atom is -0.353 e. The average molecular weight is 628 g/mol. The molecular formula is C37H58FN3O4. The normalized spacial score (nSPS) is 49.8. The van der Waals surface area contributed by atoms with E-state index in [1.165, 1.54) is 44.9 Å². The summed E-state index contributed by atoms with van der Waals surface area (Å²) in [5.41, 5.74) is 0.850. The molecule has 252 valence electrons. The first-order valence-electron chi connectivity index (χ1n) is 18.6. The smallest absolute Gasteiger partial charge is 0.232 e. The van der Waals surface area contributed by atoms with Gasteiger partial charge >= 0.3 is 0 Å². The molecule has 12 atom stereocenters. The molecule has 1 unspecified atom stereocenters. The van der Waals surface area contributed by atoms with Crippen molar-refractivity contribution in [3.05, 3.63) is 0 Å². The van der Waals surface area contributed by atoms with Crippen molar-refractivity contribution in [3.8, 4) is 0 Å². The number of ether oxygens (including phenoxy) is 2. The van der Waals surface area contributed by atoms with E-state index in [1.807, 2.05) is 4.90 Å². The first-order chi connectivity index (χ1) is 21.5. The zero-order chi connectivity index (χ0) is 31.4. The molecular weight excluding hydrogens is 569 g/mol. The highest BCUT2D eigenvalue weighted by atomic mass is 19.1. The van der Waals surface area contributed by atoms with Crippen LogP contribution >= 0.6 is 0 Å². The SMILES string of the molecule is C[C@@H]1CC[C@@]2(OC1)O[C@H]1C[C@H]3[C@@H]4CC[C@@H]5C[C@H](NC(=O)CC(=O)N6CC7(CN(CCF)C7)C6)CC[C@]5(C)C4CC[C@]3(C)[C@H]1[C@@H]2C. The van der Waals surface area contributed by atoms with Gasteiger partial charge in [-0.15, -0.1) is 0 Å². The lowest BCUT2D eigenvalue weighted by Crippen LogP contribution is -2.73. The van der Waals surface area contributed by atoms with Crippen LogP contribution in [0.5, 0.6) is 0 Å². The molecule has 7 nitrogen and oxygen atoms in total. The van der Waals surface area contributed by atoms with Crippen LogP contribution in [-0.4, -0.2) is 85.6 Å². The van der Waals surface area contributed by atoms with Crippen LogP contribution in [0.25, 0.3) is 0 Å². The first kappa shape index (κ1) is 31.0. The van der Waals surface area contributed by atoms with Gasteiger partial charge < -0.3 is 19.7 Å². The Balaban J connectivity index is 0.851. The van der Waals surface area contributed by atoms with Gasteiger partial charge in [-0.2, -0.15) is 0 Å². The van der Waals surface area contributed by atoms with E-state index in [0.717, 1.165) is 69.8 Å². The van der Waals surface area contributed by atoms with Gasteiger partial charge in [-0.25, -0.2) is 4.39 Å². The van der Waals surface area contributed by atoms with Crippen molar-refractivity contribution >= 4 is 11.8 Å². The van der Waals surface area contributed by atoms with Gasteiger partial charge in [0.2, 0.25) is 11.8 Å². The molecule has 4 aliphatic heterocycles. The van der Waals surface area contributed by atoms with Gasteiger partial charge in [-0.3, -0.25) is 14.5 Å². The Kier molecular flexibility index (Phi) is 7.51. The molecule has 4 saturated heterocycles. The maximum absolute atomic E-state index is 13.0. The molecule has 8 aliphatic rings. The Morgan fingerprint density at radius 1 is 0.911 bits per heavy atom. The molecule has 4 saturated carbocycles. The summed E-state index contributed by atoms with van der Waals surface area (Å²) in [6, 6.07) is 0.187. The molecule has 4 aliphatic carbocycles. The second-order valence-corrected chi connectivity index (χ2v) is 18.0. The Morgan fingerprint density at radius 3 is 2.42 bits per heavy atom. The van der Waals surface area contributed by atoms with Crippen LogP contribution in [0, 0.1) is 57.7 Å². The highest BCUT2D eigenvalue weighted by molar-refractivity contribution is 5.97. The number of likely N-dealkylation sites (tertiary alicyclic amines) is 2. The number of fused-ring (bicyclic) bond motifs is 7. The van der Waals surface area contributed by atoms with Gasteiger partial charge in [0.15, 0.2) is 5.79 Å². The lowest BCUT2D eigenvalue weighted by atomic mass is 9.44. The molecule has 4 heterocycles. The third-order valence-corrected chi connectivity index (χ3v) is 15.5. The maximum Gasteiger partial charge on any atom is 0.232 e. The van der Waals surface area contributed by atoms with Crippen LogP contribution in [-0.2, 0) is 19.1 Å². The zero-order valence-electron chi connectivity index (χ0n) is 28.3. The van der Waals surface area contributed by atoms with Gasteiger partial charge in [-0.05, 0) is 104 Å². The number of nitrogens with zero attached hydrogens (tertiary/aromatic N) is 2. The summed E-state index contributed by atoms with van der Waals surface area (Å²) >= 11 is 0. The van der Waals surface area contributed by atoms with Crippen LogP contribution in [0.3, 0.4) is 0 Å². The number of halogens is 1. The summed E-state index contributed by atoms with van der Waals surface area (Å²) < 4.78 is 26.1. The average Bonchev–Trinajstić information content (AvgIpc) is 3.40. The summed E-state index contributed by atoms with van der Waals surface area (Å²) in [5.74, 6) is 4.19. The molecule has 2 amide bonds. The largest absolute Gasteiger partial charge is 0.353 e. The Hall–Kier alpha value is -1.25. The number of carbonyl (C=O) groups is 2. The van der Waals surface area contributed by atoms with Crippen molar-refractivity contribution < 1.29 is 23.5 Å². The summed E-state index contributed by atoms with van der Waals surface area (Å²) in [5, 5.41) is 3.29. The third-order valence-electron chi connectivity index (χ3n) is 15.5. The lowest BCUT2D eigenvalue weighted by molar-refractivity contribution is -0.273. The molecule has 0 aromatic heterocycles. The summed E-state index contributed by atoms with van der Waals surface area (Å²) in [4.78, 5) is 29.8. The summed E-state index contributed by atoms with van der Waals surface area (Å²) in [6.45, 7) is 14.2.